The third kappa shape index (κ3) is 4.38. The Balaban J connectivity index is 1.82. The van der Waals surface area contributed by atoms with E-state index in [4.69, 9.17) is 0 Å². The quantitative estimate of drug-likeness (QED) is 0.830. The highest BCUT2D eigenvalue weighted by atomic mass is 79.9. The van der Waals surface area contributed by atoms with Gasteiger partial charge in [-0.25, -0.2) is 0 Å². The van der Waals surface area contributed by atoms with Crippen LogP contribution in [0.1, 0.15) is 30.9 Å². The standard InChI is InChI=1S/C15H23BrN2/c1-17-15(13-5-7-14(16)8-6-13)9-10-18(2)11-12-3-4-12/h5-8,12,15,17H,3-4,9-11H2,1-2H3. The van der Waals surface area contributed by atoms with Crippen LogP contribution < -0.4 is 5.32 Å². The third-order valence-electron chi connectivity index (χ3n) is 3.69. The molecule has 1 aliphatic carbocycles. The number of hydrogen-bond acceptors (Lipinski definition) is 2. The highest BCUT2D eigenvalue weighted by molar-refractivity contribution is 9.10. The third-order valence-corrected chi connectivity index (χ3v) is 4.22. The van der Waals surface area contributed by atoms with Crippen LogP contribution in [0.3, 0.4) is 0 Å². The van der Waals surface area contributed by atoms with Crippen molar-refractivity contribution in [3.63, 3.8) is 0 Å². The first-order valence-electron chi connectivity index (χ1n) is 6.80. The summed E-state index contributed by atoms with van der Waals surface area (Å²) in [6.07, 6.45) is 4.04. The van der Waals surface area contributed by atoms with Gasteiger partial charge in [-0.1, -0.05) is 28.1 Å². The second kappa shape index (κ2) is 6.69. The van der Waals surface area contributed by atoms with Crippen LogP contribution >= 0.6 is 15.9 Å². The Labute approximate surface area is 119 Å². The summed E-state index contributed by atoms with van der Waals surface area (Å²) in [5.74, 6) is 0.982. The Bertz CT molecular complexity index is 359. The zero-order valence-electron chi connectivity index (χ0n) is 11.3. The van der Waals surface area contributed by atoms with Gasteiger partial charge < -0.3 is 10.2 Å². The van der Waals surface area contributed by atoms with E-state index in [0.717, 1.165) is 16.9 Å². The van der Waals surface area contributed by atoms with Crippen molar-refractivity contribution in [1.29, 1.82) is 0 Å². The Hall–Kier alpha value is -0.380. The summed E-state index contributed by atoms with van der Waals surface area (Å²) in [6, 6.07) is 9.10. The first-order valence-corrected chi connectivity index (χ1v) is 7.59. The Morgan fingerprint density at radius 3 is 2.56 bits per heavy atom. The zero-order chi connectivity index (χ0) is 13.0. The van der Waals surface area contributed by atoms with E-state index in [1.165, 1.54) is 31.4 Å². The van der Waals surface area contributed by atoms with Gasteiger partial charge in [0.1, 0.15) is 0 Å². The molecule has 1 aliphatic rings. The van der Waals surface area contributed by atoms with E-state index in [-0.39, 0.29) is 0 Å². The molecular weight excluding hydrogens is 288 g/mol. The summed E-state index contributed by atoms with van der Waals surface area (Å²) >= 11 is 3.48. The van der Waals surface area contributed by atoms with E-state index in [1.54, 1.807) is 0 Å². The van der Waals surface area contributed by atoms with Crippen LogP contribution in [0.4, 0.5) is 0 Å². The van der Waals surface area contributed by atoms with Gasteiger partial charge in [0.25, 0.3) is 0 Å². The lowest BCUT2D eigenvalue weighted by Gasteiger charge is -2.21. The maximum atomic E-state index is 3.48. The van der Waals surface area contributed by atoms with Crippen LogP contribution in [-0.2, 0) is 0 Å². The maximum Gasteiger partial charge on any atom is 0.0329 e. The fraction of sp³-hybridized carbons (Fsp3) is 0.600. The Morgan fingerprint density at radius 2 is 2.00 bits per heavy atom. The number of nitrogens with zero attached hydrogens (tertiary/aromatic N) is 1. The van der Waals surface area contributed by atoms with Gasteiger partial charge in [-0.15, -0.1) is 0 Å². The lowest BCUT2D eigenvalue weighted by molar-refractivity contribution is 0.299. The Morgan fingerprint density at radius 1 is 1.33 bits per heavy atom. The molecule has 1 aromatic rings. The molecule has 0 aromatic heterocycles. The molecule has 1 aromatic carbocycles. The van der Waals surface area contributed by atoms with Crippen molar-refractivity contribution >= 4 is 15.9 Å². The second-order valence-corrected chi connectivity index (χ2v) is 6.30. The minimum absolute atomic E-state index is 0.458. The van der Waals surface area contributed by atoms with Crippen LogP contribution in [0.2, 0.25) is 0 Å². The number of hydrogen-bond donors (Lipinski definition) is 1. The molecule has 1 atom stereocenters. The largest absolute Gasteiger partial charge is 0.313 e. The van der Waals surface area contributed by atoms with Gasteiger partial charge in [-0.05, 0) is 63.5 Å². The number of halogens is 1. The number of benzene rings is 1. The molecule has 0 radical (unpaired) electrons. The van der Waals surface area contributed by atoms with Gasteiger partial charge in [-0.3, -0.25) is 0 Å². The monoisotopic (exact) mass is 310 g/mol. The lowest BCUT2D eigenvalue weighted by Crippen LogP contribution is -2.27. The van der Waals surface area contributed by atoms with Crippen LogP contribution in [0, 0.1) is 5.92 Å². The molecule has 100 valence electrons. The first kappa shape index (κ1) is 14.0. The van der Waals surface area contributed by atoms with Crippen molar-refractivity contribution in [3.8, 4) is 0 Å². The summed E-state index contributed by atoms with van der Waals surface area (Å²) in [5, 5.41) is 3.42. The maximum absolute atomic E-state index is 3.48. The van der Waals surface area contributed by atoms with Crippen molar-refractivity contribution in [3.05, 3.63) is 34.3 Å². The smallest absolute Gasteiger partial charge is 0.0329 e. The minimum atomic E-state index is 0.458. The second-order valence-electron chi connectivity index (χ2n) is 5.39. The molecular formula is C15H23BrN2. The molecule has 1 unspecified atom stereocenters. The van der Waals surface area contributed by atoms with Gasteiger partial charge in [-0.2, -0.15) is 0 Å². The van der Waals surface area contributed by atoms with Crippen LogP contribution in [0.25, 0.3) is 0 Å². The predicted molar refractivity (Wildman–Crippen MR) is 80.8 cm³/mol. The van der Waals surface area contributed by atoms with E-state index < -0.39 is 0 Å². The molecule has 18 heavy (non-hydrogen) atoms. The average molecular weight is 311 g/mol. The van der Waals surface area contributed by atoms with Gasteiger partial charge in [0.15, 0.2) is 0 Å². The topological polar surface area (TPSA) is 15.3 Å². The van der Waals surface area contributed by atoms with E-state index in [9.17, 15) is 0 Å². The molecule has 2 nitrogen and oxygen atoms in total. The highest BCUT2D eigenvalue weighted by Crippen LogP contribution is 2.29. The molecule has 3 heteroatoms. The molecule has 0 spiro atoms. The zero-order valence-corrected chi connectivity index (χ0v) is 12.9. The summed E-state index contributed by atoms with van der Waals surface area (Å²) in [4.78, 5) is 2.47. The first-order chi connectivity index (χ1) is 8.69. The van der Waals surface area contributed by atoms with Crippen molar-refractivity contribution in [2.45, 2.75) is 25.3 Å². The summed E-state index contributed by atoms with van der Waals surface area (Å²) in [5.41, 5.74) is 1.38. The summed E-state index contributed by atoms with van der Waals surface area (Å²) < 4.78 is 1.15. The van der Waals surface area contributed by atoms with Crippen LogP contribution in [-0.4, -0.2) is 32.1 Å². The fourth-order valence-electron chi connectivity index (χ4n) is 2.35. The molecule has 0 bridgehead atoms. The minimum Gasteiger partial charge on any atom is -0.313 e. The normalized spacial score (nSPS) is 17.1. The molecule has 1 saturated carbocycles. The van der Waals surface area contributed by atoms with Crippen molar-refractivity contribution in [2.24, 2.45) is 5.92 Å². The van der Waals surface area contributed by atoms with Gasteiger partial charge in [0.2, 0.25) is 0 Å². The molecule has 2 rings (SSSR count). The van der Waals surface area contributed by atoms with Crippen molar-refractivity contribution < 1.29 is 0 Å². The molecule has 0 heterocycles. The van der Waals surface area contributed by atoms with Crippen LogP contribution in [0.15, 0.2) is 28.7 Å². The van der Waals surface area contributed by atoms with E-state index >= 15 is 0 Å². The van der Waals surface area contributed by atoms with E-state index in [2.05, 4.69) is 57.5 Å². The van der Waals surface area contributed by atoms with Crippen molar-refractivity contribution in [2.75, 3.05) is 27.2 Å². The highest BCUT2D eigenvalue weighted by Gasteiger charge is 2.22. The number of nitrogens with one attached hydrogen (secondary N) is 1. The molecule has 1 N–H and O–H groups in total. The molecule has 0 amide bonds. The molecule has 1 fully saturated rings. The predicted octanol–water partition coefficient (Wildman–Crippen LogP) is 3.44. The Kier molecular flexibility index (Phi) is 5.22. The van der Waals surface area contributed by atoms with Crippen molar-refractivity contribution in [1.82, 2.24) is 10.2 Å². The summed E-state index contributed by atoms with van der Waals surface area (Å²) in [6.45, 7) is 2.44. The van der Waals surface area contributed by atoms with Crippen LogP contribution in [0.5, 0.6) is 0 Å². The van der Waals surface area contributed by atoms with Gasteiger partial charge in [0.05, 0.1) is 0 Å². The summed E-state index contributed by atoms with van der Waals surface area (Å²) in [7, 11) is 4.29. The van der Waals surface area contributed by atoms with E-state index in [1.807, 2.05) is 7.05 Å². The SMILES string of the molecule is CNC(CCN(C)CC1CC1)c1ccc(Br)cc1. The molecule has 0 saturated heterocycles. The fourth-order valence-corrected chi connectivity index (χ4v) is 2.62. The van der Waals surface area contributed by atoms with Gasteiger partial charge >= 0.3 is 0 Å². The van der Waals surface area contributed by atoms with Gasteiger partial charge in [0, 0.05) is 17.1 Å². The number of rotatable bonds is 7. The lowest BCUT2D eigenvalue weighted by atomic mass is 10.0. The van der Waals surface area contributed by atoms with E-state index in [0.29, 0.717) is 6.04 Å². The molecule has 0 aliphatic heterocycles. The average Bonchev–Trinajstić information content (AvgIpc) is 3.16.